The van der Waals surface area contributed by atoms with Gasteiger partial charge in [-0.05, 0) is 36.8 Å². The molecule has 0 aliphatic heterocycles. The highest BCUT2D eigenvalue weighted by atomic mass is 19.4. The first-order chi connectivity index (χ1) is 20.0. The fraction of sp³-hybridized carbons (Fsp3) is 0.462. The van der Waals surface area contributed by atoms with Gasteiger partial charge in [0.05, 0.1) is 13.2 Å². The quantitative estimate of drug-likeness (QED) is 0.233. The van der Waals surface area contributed by atoms with E-state index in [2.05, 4.69) is 4.74 Å². The van der Waals surface area contributed by atoms with Crippen LogP contribution in [0.2, 0.25) is 0 Å². The Kier molecular flexibility index (Phi) is 12.5. The summed E-state index contributed by atoms with van der Waals surface area (Å²) in [4.78, 5) is 24.3. The number of carboxylic acid groups (broad SMARTS) is 1. The lowest BCUT2D eigenvalue weighted by Gasteiger charge is -2.29. The molecule has 0 radical (unpaired) electrons. The molecule has 0 saturated carbocycles. The maximum atomic E-state index is 13.8. The van der Waals surface area contributed by atoms with Gasteiger partial charge in [0.15, 0.2) is 6.10 Å². The summed E-state index contributed by atoms with van der Waals surface area (Å²) in [5.41, 5.74) is 0.285. The first-order valence-corrected chi connectivity index (χ1v) is 12.4. The van der Waals surface area contributed by atoms with Crippen molar-refractivity contribution in [2.24, 2.45) is 0 Å². The van der Waals surface area contributed by atoms with Crippen molar-refractivity contribution in [3.63, 3.8) is 0 Å². The highest BCUT2D eigenvalue weighted by Gasteiger charge is 2.74. The lowest BCUT2D eigenvalue weighted by atomic mass is 10.1. The van der Waals surface area contributed by atoms with E-state index >= 15 is 0 Å². The maximum Gasteiger partial charge on any atom is 0.462 e. The Morgan fingerprint density at radius 2 is 1.56 bits per heavy atom. The number of nitrogens with zero attached hydrogens (tertiary/aromatic N) is 1. The second-order valence-electron chi connectivity index (χ2n) is 8.69. The van der Waals surface area contributed by atoms with Crippen LogP contribution in [0.15, 0.2) is 42.5 Å². The molecule has 1 unspecified atom stereocenters. The van der Waals surface area contributed by atoms with Crippen LogP contribution in [0, 0.1) is 11.6 Å². The number of carbonyl (C=O) groups is 2. The maximum absolute atomic E-state index is 13.8. The number of rotatable bonds is 16. The zero-order valence-corrected chi connectivity index (χ0v) is 22.3. The van der Waals surface area contributed by atoms with Crippen molar-refractivity contribution in [2.45, 2.75) is 44.3 Å². The molecule has 2 aromatic carbocycles. The van der Waals surface area contributed by atoms with Gasteiger partial charge in [0.2, 0.25) is 0 Å². The van der Waals surface area contributed by atoms with Crippen LogP contribution in [0.1, 0.15) is 18.1 Å². The van der Waals surface area contributed by atoms with Crippen molar-refractivity contribution >= 4 is 12.1 Å². The Labute approximate surface area is 238 Å². The van der Waals surface area contributed by atoms with E-state index in [1.807, 2.05) is 0 Å². The monoisotopic (exact) mass is 635 g/mol. The highest BCUT2D eigenvalue weighted by molar-refractivity contribution is 5.72. The number of benzene rings is 2. The Hall–Kier alpha value is -3.73. The molecule has 1 N–H and O–H groups in total. The number of amides is 1. The van der Waals surface area contributed by atoms with E-state index in [-0.39, 0.29) is 30.9 Å². The molecule has 0 heterocycles. The van der Waals surface area contributed by atoms with Crippen LogP contribution in [-0.4, -0.2) is 79.3 Å². The summed E-state index contributed by atoms with van der Waals surface area (Å²) < 4.78 is 136. The molecule has 43 heavy (non-hydrogen) atoms. The Morgan fingerprint density at radius 1 is 0.930 bits per heavy atom. The van der Waals surface area contributed by atoms with Crippen molar-refractivity contribution < 1.29 is 73.2 Å². The van der Waals surface area contributed by atoms with Crippen LogP contribution in [0.3, 0.4) is 0 Å². The van der Waals surface area contributed by atoms with Gasteiger partial charge >= 0.3 is 30.3 Å². The normalized spacial score (nSPS) is 13.0. The molecule has 2 rings (SSSR count). The van der Waals surface area contributed by atoms with E-state index in [9.17, 15) is 54.2 Å². The lowest BCUT2D eigenvalue weighted by molar-refractivity contribution is -0.423. The van der Waals surface area contributed by atoms with Gasteiger partial charge in [0, 0.05) is 31.2 Å². The predicted molar refractivity (Wildman–Crippen MR) is 129 cm³/mol. The lowest BCUT2D eigenvalue weighted by Crippen LogP contribution is -2.54. The summed E-state index contributed by atoms with van der Waals surface area (Å²) in [5.74, 6) is -9.52. The number of carboxylic acids is 1. The van der Waals surface area contributed by atoms with E-state index in [4.69, 9.17) is 14.2 Å². The number of ether oxygens (including phenoxy) is 4. The van der Waals surface area contributed by atoms with Crippen LogP contribution >= 0.6 is 0 Å². The van der Waals surface area contributed by atoms with Gasteiger partial charge in [-0.25, -0.2) is 18.4 Å². The minimum Gasteiger partial charge on any atom is -0.492 e. The average molecular weight is 635 g/mol. The van der Waals surface area contributed by atoms with Gasteiger partial charge in [-0.2, -0.15) is 30.7 Å². The molecule has 0 fully saturated rings. The first kappa shape index (κ1) is 35.5. The molecule has 8 nitrogen and oxygen atoms in total. The van der Waals surface area contributed by atoms with Crippen molar-refractivity contribution in [2.75, 3.05) is 32.9 Å². The topological polar surface area (TPSA) is 94.5 Å². The Morgan fingerprint density at radius 3 is 2.12 bits per heavy atom. The van der Waals surface area contributed by atoms with E-state index < -0.39 is 74.3 Å². The van der Waals surface area contributed by atoms with Crippen molar-refractivity contribution in [1.29, 1.82) is 0 Å². The second-order valence-corrected chi connectivity index (χ2v) is 8.69. The zero-order valence-electron chi connectivity index (χ0n) is 22.3. The van der Waals surface area contributed by atoms with Gasteiger partial charge in [0.1, 0.15) is 30.6 Å². The molecule has 1 atom stereocenters. The summed E-state index contributed by atoms with van der Waals surface area (Å²) in [5, 5.41) is 9.18. The van der Waals surface area contributed by atoms with Gasteiger partial charge in [-0.1, -0.05) is 12.1 Å². The molecule has 17 heteroatoms. The minimum absolute atomic E-state index is 0.0374. The third-order valence-electron chi connectivity index (χ3n) is 5.61. The van der Waals surface area contributed by atoms with Crippen LogP contribution in [0.4, 0.5) is 44.3 Å². The molecular formula is C26H26F9NO7. The number of alkyl halides is 7. The number of aliphatic carboxylic acids is 1. The summed E-state index contributed by atoms with van der Waals surface area (Å²) >= 11 is 0. The predicted octanol–water partition coefficient (Wildman–Crippen LogP) is 5.82. The molecule has 0 saturated heterocycles. The molecule has 1 amide bonds. The Balaban J connectivity index is 2.05. The Bertz CT molecular complexity index is 1210. The smallest absolute Gasteiger partial charge is 0.462 e. The van der Waals surface area contributed by atoms with Gasteiger partial charge < -0.3 is 29.0 Å². The standard InChI is InChI=1S/C26H26F9NO7/c1-2-40-21(22(37)38)13-16-3-7-19(8-4-16)41-11-9-36(10-12-43-26(34,35)24(29,30)25(31,32)33)23(39)42-15-17-5-6-18(27)14-20(17)28/h3-8,14,21H,2,9-13,15H2,1H3,(H,37,38). The summed E-state index contributed by atoms with van der Waals surface area (Å²) in [6.07, 6.45) is -15.0. The van der Waals surface area contributed by atoms with Crippen LogP contribution in [0.25, 0.3) is 0 Å². The molecule has 2 aromatic rings. The molecule has 240 valence electrons. The molecule has 0 bridgehead atoms. The van der Waals surface area contributed by atoms with E-state index in [0.717, 1.165) is 12.1 Å². The van der Waals surface area contributed by atoms with E-state index in [0.29, 0.717) is 16.5 Å². The van der Waals surface area contributed by atoms with E-state index in [1.165, 1.54) is 24.3 Å². The van der Waals surface area contributed by atoms with Crippen LogP contribution < -0.4 is 4.74 Å². The SMILES string of the molecule is CCOC(Cc1ccc(OCCN(CCOC(F)(F)C(F)(F)C(F)(F)F)C(=O)OCc2ccc(F)cc2F)cc1)C(=O)O. The van der Waals surface area contributed by atoms with Crippen molar-refractivity contribution in [3.8, 4) is 5.75 Å². The number of hydrogen-bond acceptors (Lipinski definition) is 6. The summed E-state index contributed by atoms with van der Waals surface area (Å²) in [6.45, 7) is -2.34. The fourth-order valence-corrected chi connectivity index (χ4v) is 3.33. The average Bonchev–Trinajstić information content (AvgIpc) is 2.91. The first-order valence-electron chi connectivity index (χ1n) is 12.4. The van der Waals surface area contributed by atoms with E-state index in [1.54, 1.807) is 6.92 Å². The fourth-order valence-electron chi connectivity index (χ4n) is 3.33. The number of halogens is 9. The van der Waals surface area contributed by atoms with Crippen molar-refractivity contribution in [1.82, 2.24) is 4.90 Å². The van der Waals surface area contributed by atoms with Gasteiger partial charge in [0.25, 0.3) is 0 Å². The summed E-state index contributed by atoms with van der Waals surface area (Å²) in [7, 11) is 0. The third-order valence-corrected chi connectivity index (χ3v) is 5.61. The minimum atomic E-state index is -6.63. The molecular weight excluding hydrogens is 609 g/mol. The number of carbonyl (C=O) groups excluding carboxylic acids is 1. The summed E-state index contributed by atoms with van der Waals surface area (Å²) in [6, 6.07) is 8.21. The molecule has 0 spiro atoms. The van der Waals surface area contributed by atoms with Crippen molar-refractivity contribution in [3.05, 3.63) is 65.2 Å². The van der Waals surface area contributed by atoms with Gasteiger partial charge in [-0.3, -0.25) is 0 Å². The third kappa shape index (κ3) is 10.2. The largest absolute Gasteiger partial charge is 0.492 e. The van der Waals surface area contributed by atoms with Crippen LogP contribution in [-0.2, 0) is 32.0 Å². The number of hydrogen-bond donors (Lipinski definition) is 1. The molecule has 0 aromatic heterocycles. The van der Waals surface area contributed by atoms with Gasteiger partial charge in [-0.15, -0.1) is 0 Å². The molecule has 0 aliphatic rings. The molecule has 0 aliphatic carbocycles. The second kappa shape index (κ2) is 15.1. The highest BCUT2D eigenvalue weighted by Crippen LogP contribution is 2.46. The zero-order chi connectivity index (χ0) is 32.4. The van der Waals surface area contributed by atoms with Crippen LogP contribution in [0.5, 0.6) is 5.75 Å².